The Kier molecular flexibility index (Phi) is 3.77. The van der Waals surface area contributed by atoms with Crippen LogP contribution in [-0.4, -0.2) is 17.4 Å². The van der Waals surface area contributed by atoms with Crippen molar-refractivity contribution in [3.8, 4) is 11.3 Å². The number of fused-ring (bicyclic) bond motifs is 1. The van der Waals surface area contributed by atoms with Crippen molar-refractivity contribution >= 4 is 28.1 Å². The molecule has 0 aliphatic carbocycles. The predicted molar refractivity (Wildman–Crippen MR) is 98.5 cm³/mol. The molecule has 0 atom stereocenters. The maximum atomic E-state index is 13.9. The summed E-state index contributed by atoms with van der Waals surface area (Å²) in [5.41, 5.74) is 9.65. The molecule has 1 aliphatic heterocycles. The van der Waals surface area contributed by atoms with Crippen LogP contribution in [-0.2, 0) is 6.42 Å². The van der Waals surface area contributed by atoms with E-state index >= 15 is 0 Å². The Labute approximate surface area is 148 Å². The number of anilines is 2. The van der Waals surface area contributed by atoms with Crippen molar-refractivity contribution in [3.05, 3.63) is 64.3 Å². The SMILES string of the molecule is Cc1sc(N)nc1-c1ccc2c(c1)CCN2C(=O)c1ccccc1F. The lowest BCUT2D eigenvalue weighted by Crippen LogP contribution is -2.29. The van der Waals surface area contributed by atoms with Gasteiger partial charge in [0.05, 0.1) is 11.3 Å². The van der Waals surface area contributed by atoms with E-state index < -0.39 is 5.82 Å². The molecule has 4 nitrogen and oxygen atoms in total. The maximum absolute atomic E-state index is 13.9. The summed E-state index contributed by atoms with van der Waals surface area (Å²) in [5.74, 6) is -0.801. The Morgan fingerprint density at radius 3 is 2.80 bits per heavy atom. The summed E-state index contributed by atoms with van der Waals surface area (Å²) in [4.78, 5) is 19.8. The number of nitrogens with two attached hydrogens (primary N) is 1. The summed E-state index contributed by atoms with van der Waals surface area (Å²) in [6.07, 6.45) is 0.738. The number of aryl methyl sites for hydroxylation is 1. The van der Waals surface area contributed by atoms with Crippen molar-refractivity contribution in [1.29, 1.82) is 0 Å². The van der Waals surface area contributed by atoms with Crippen LogP contribution in [0.4, 0.5) is 15.2 Å². The van der Waals surface area contributed by atoms with E-state index in [0.717, 1.165) is 33.8 Å². The Balaban J connectivity index is 1.69. The Morgan fingerprint density at radius 1 is 1.28 bits per heavy atom. The highest BCUT2D eigenvalue weighted by molar-refractivity contribution is 7.15. The molecule has 1 amide bonds. The van der Waals surface area contributed by atoms with Gasteiger partial charge in [-0.15, -0.1) is 11.3 Å². The van der Waals surface area contributed by atoms with Crippen molar-refractivity contribution in [1.82, 2.24) is 4.98 Å². The Morgan fingerprint density at radius 2 is 2.08 bits per heavy atom. The van der Waals surface area contributed by atoms with Crippen molar-refractivity contribution in [2.24, 2.45) is 0 Å². The molecule has 126 valence electrons. The van der Waals surface area contributed by atoms with Crippen LogP contribution < -0.4 is 10.6 Å². The van der Waals surface area contributed by atoms with Crippen LogP contribution >= 0.6 is 11.3 Å². The number of carbonyl (C=O) groups is 1. The summed E-state index contributed by atoms with van der Waals surface area (Å²) in [6.45, 7) is 2.54. The van der Waals surface area contributed by atoms with E-state index in [1.165, 1.54) is 23.5 Å². The van der Waals surface area contributed by atoms with E-state index in [2.05, 4.69) is 4.98 Å². The number of nitrogens with zero attached hydrogens (tertiary/aromatic N) is 2. The number of halogens is 1. The lowest BCUT2D eigenvalue weighted by atomic mass is 10.1. The first kappa shape index (κ1) is 15.8. The van der Waals surface area contributed by atoms with E-state index in [9.17, 15) is 9.18 Å². The van der Waals surface area contributed by atoms with Crippen molar-refractivity contribution in [2.45, 2.75) is 13.3 Å². The molecule has 0 saturated carbocycles. The van der Waals surface area contributed by atoms with Crippen LogP contribution in [0.3, 0.4) is 0 Å². The van der Waals surface area contributed by atoms with Crippen LogP contribution in [0, 0.1) is 12.7 Å². The zero-order chi connectivity index (χ0) is 17.6. The number of hydrogen-bond acceptors (Lipinski definition) is 4. The van der Waals surface area contributed by atoms with E-state index in [4.69, 9.17) is 5.73 Å². The zero-order valence-electron chi connectivity index (χ0n) is 13.6. The molecule has 0 spiro atoms. The third kappa shape index (κ3) is 2.68. The molecule has 0 fully saturated rings. The molecular weight excluding hydrogens is 337 g/mol. The summed E-state index contributed by atoms with van der Waals surface area (Å²) in [6, 6.07) is 12.0. The van der Waals surface area contributed by atoms with Gasteiger partial charge < -0.3 is 10.6 Å². The lowest BCUT2D eigenvalue weighted by molar-refractivity contribution is 0.0985. The quantitative estimate of drug-likeness (QED) is 0.756. The normalized spacial score (nSPS) is 13.1. The number of thiazole rings is 1. The molecular formula is C19H16FN3OS. The predicted octanol–water partition coefficient (Wildman–Crippen LogP) is 4.04. The maximum Gasteiger partial charge on any atom is 0.261 e. The van der Waals surface area contributed by atoms with Crippen LogP contribution in [0.1, 0.15) is 20.8 Å². The Bertz CT molecular complexity index is 983. The smallest absolute Gasteiger partial charge is 0.261 e. The van der Waals surface area contributed by atoms with Gasteiger partial charge in [-0.3, -0.25) is 4.79 Å². The molecule has 1 aliphatic rings. The summed E-state index contributed by atoms with van der Waals surface area (Å²) < 4.78 is 13.9. The average Bonchev–Trinajstić information content (AvgIpc) is 3.16. The largest absolute Gasteiger partial charge is 0.375 e. The van der Waals surface area contributed by atoms with Crippen molar-refractivity contribution in [2.75, 3.05) is 17.2 Å². The monoisotopic (exact) mass is 353 g/mol. The van der Waals surface area contributed by atoms with E-state index in [-0.39, 0.29) is 11.5 Å². The second kappa shape index (κ2) is 5.97. The number of benzene rings is 2. The number of carbonyl (C=O) groups excluding carboxylic acids is 1. The third-order valence-corrected chi connectivity index (χ3v) is 5.21. The van der Waals surface area contributed by atoms with Gasteiger partial charge in [-0.2, -0.15) is 0 Å². The van der Waals surface area contributed by atoms with Gasteiger partial charge in [-0.1, -0.05) is 18.2 Å². The number of rotatable bonds is 2. The Hall–Kier alpha value is -2.73. The van der Waals surface area contributed by atoms with Gasteiger partial charge in [0.2, 0.25) is 0 Å². The van der Waals surface area contributed by atoms with Gasteiger partial charge in [0.15, 0.2) is 5.13 Å². The van der Waals surface area contributed by atoms with E-state index in [1.54, 1.807) is 17.0 Å². The number of aromatic nitrogens is 1. The van der Waals surface area contributed by atoms with Gasteiger partial charge in [0.25, 0.3) is 5.91 Å². The second-order valence-corrected chi connectivity index (χ2v) is 7.22. The third-order valence-electron chi connectivity index (χ3n) is 4.41. The first-order valence-corrected chi connectivity index (χ1v) is 8.79. The molecule has 0 bridgehead atoms. The molecule has 2 heterocycles. The zero-order valence-corrected chi connectivity index (χ0v) is 14.4. The van der Waals surface area contributed by atoms with Crippen LogP contribution in [0.2, 0.25) is 0 Å². The topological polar surface area (TPSA) is 59.2 Å². The molecule has 3 aromatic rings. The molecule has 25 heavy (non-hydrogen) atoms. The molecule has 0 radical (unpaired) electrons. The van der Waals surface area contributed by atoms with Crippen LogP contribution in [0.5, 0.6) is 0 Å². The first-order chi connectivity index (χ1) is 12.0. The van der Waals surface area contributed by atoms with Gasteiger partial charge in [0.1, 0.15) is 5.82 Å². The summed E-state index contributed by atoms with van der Waals surface area (Å²) in [5, 5.41) is 0.546. The highest BCUT2D eigenvalue weighted by atomic mass is 32.1. The summed E-state index contributed by atoms with van der Waals surface area (Å²) >= 11 is 1.46. The van der Waals surface area contributed by atoms with Gasteiger partial charge in [-0.25, -0.2) is 9.37 Å². The number of nitrogen functional groups attached to an aromatic ring is 1. The van der Waals surface area contributed by atoms with Crippen molar-refractivity contribution in [3.63, 3.8) is 0 Å². The van der Waals surface area contributed by atoms with Crippen molar-refractivity contribution < 1.29 is 9.18 Å². The van der Waals surface area contributed by atoms with Gasteiger partial charge in [0, 0.05) is 22.7 Å². The minimum absolute atomic E-state index is 0.0996. The second-order valence-electron chi connectivity index (χ2n) is 5.99. The fourth-order valence-electron chi connectivity index (χ4n) is 3.22. The van der Waals surface area contributed by atoms with Crippen LogP contribution in [0.25, 0.3) is 11.3 Å². The number of hydrogen-bond donors (Lipinski definition) is 1. The molecule has 0 unspecified atom stereocenters. The molecule has 6 heteroatoms. The molecule has 2 N–H and O–H groups in total. The first-order valence-electron chi connectivity index (χ1n) is 7.97. The average molecular weight is 353 g/mol. The van der Waals surface area contributed by atoms with Gasteiger partial charge in [-0.05, 0) is 43.2 Å². The van der Waals surface area contributed by atoms with E-state index in [1.807, 2.05) is 25.1 Å². The number of amides is 1. The van der Waals surface area contributed by atoms with E-state index in [0.29, 0.717) is 11.7 Å². The van der Waals surface area contributed by atoms with Gasteiger partial charge >= 0.3 is 0 Å². The molecule has 1 aromatic heterocycles. The molecule has 0 saturated heterocycles. The molecule has 2 aromatic carbocycles. The van der Waals surface area contributed by atoms with Crippen LogP contribution in [0.15, 0.2) is 42.5 Å². The minimum atomic E-state index is -0.494. The highest BCUT2D eigenvalue weighted by Gasteiger charge is 2.27. The molecule has 4 rings (SSSR count). The lowest BCUT2D eigenvalue weighted by Gasteiger charge is -2.18. The highest BCUT2D eigenvalue weighted by Crippen LogP contribution is 2.35. The fourth-order valence-corrected chi connectivity index (χ4v) is 3.94. The standard InChI is InChI=1S/C19H16FN3OS/c1-11-17(22-19(21)25-11)13-6-7-16-12(10-13)8-9-23(16)18(24)14-4-2-3-5-15(14)20/h2-7,10H,8-9H2,1H3,(H2,21,22). The summed E-state index contributed by atoms with van der Waals surface area (Å²) in [7, 11) is 0. The minimum Gasteiger partial charge on any atom is -0.375 e. The fraction of sp³-hybridized carbons (Fsp3) is 0.158.